The number of carboxylic acid groups (broad SMARTS) is 1. The van der Waals surface area contributed by atoms with Crippen LogP contribution in [0, 0.1) is 0 Å². The average molecular weight is 272 g/mol. The van der Waals surface area contributed by atoms with Crippen molar-refractivity contribution in [3.63, 3.8) is 0 Å². The van der Waals surface area contributed by atoms with Crippen LogP contribution in [0.5, 0.6) is 0 Å². The van der Waals surface area contributed by atoms with E-state index in [9.17, 15) is 9.59 Å². The Balaban J connectivity index is 0.00000162. The maximum absolute atomic E-state index is 11.7. The molecule has 18 heavy (non-hydrogen) atoms. The molecule has 0 aliphatic heterocycles. The molecule has 0 aliphatic rings. The van der Waals surface area contributed by atoms with E-state index >= 15 is 0 Å². The summed E-state index contributed by atoms with van der Waals surface area (Å²) in [6.07, 6.45) is 4.17. The van der Waals surface area contributed by atoms with Crippen molar-refractivity contribution in [3.8, 4) is 0 Å². The first-order valence-electron chi connectivity index (χ1n) is 4.71. The van der Waals surface area contributed by atoms with Crippen molar-refractivity contribution in [2.75, 3.05) is 0 Å². The van der Waals surface area contributed by atoms with Crippen molar-refractivity contribution in [2.45, 2.75) is 0 Å². The third kappa shape index (κ3) is 3.50. The summed E-state index contributed by atoms with van der Waals surface area (Å²) in [4.78, 5) is 31.2. The van der Waals surface area contributed by atoms with Gasteiger partial charge in [-0.2, -0.15) is 4.73 Å². The molecule has 6 nitrogen and oxygen atoms in total. The van der Waals surface area contributed by atoms with Crippen molar-refractivity contribution in [2.24, 2.45) is 0 Å². The van der Waals surface area contributed by atoms with Gasteiger partial charge in [-0.3, -0.25) is 0 Å². The van der Waals surface area contributed by atoms with Gasteiger partial charge in [-0.1, -0.05) is 12.1 Å². The van der Waals surface area contributed by atoms with Crippen LogP contribution in [0.25, 0.3) is 0 Å². The van der Waals surface area contributed by atoms with Crippen molar-refractivity contribution < 1.29 is 19.5 Å². The topological polar surface area (TPSA) is 81.4 Å². The van der Waals surface area contributed by atoms with Crippen molar-refractivity contribution in [1.82, 2.24) is 9.71 Å². The Morgan fingerprint density at radius 2 is 1.89 bits per heavy atom. The fourth-order valence-electron chi connectivity index (χ4n) is 1.29. The molecule has 0 amide bonds. The van der Waals surface area contributed by atoms with E-state index in [2.05, 4.69) is 4.98 Å². The van der Waals surface area contributed by atoms with Crippen LogP contribution in [0.2, 0.25) is 0 Å². The Bertz CT molecular complexity index is 554. The second-order valence-corrected chi connectivity index (χ2v) is 3.15. The monoisotopic (exact) mass is 272 g/mol. The van der Waals surface area contributed by atoms with Gasteiger partial charge in [0, 0.05) is 6.20 Å². The second-order valence-electron chi connectivity index (χ2n) is 3.15. The van der Waals surface area contributed by atoms with Crippen LogP contribution in [-0.2, 0) is 0 Å². The summed E-state index contributed by atoms with van der Waals surface area (Å²) >= 11 is 0. The summed E-state index contributed by atoms with van der Waals surface area (Å²) in [6, 6.07) is 5.84. The third-order valence-electron chi connectivity index (χ3n) is 2.05. The van der Waals surface area contributed by atoms with Gasteiger partial charge in [0.1, 0.15) is 6.33 Å². The Hall–Kier alpha value is -0.994. The molecule has 0 bridgehead atoms. The molecule has 1 heterocycles. The Morgan fingerprint density at radius 1 is 1.22 bits per heavy atom. The summed E-state index contributed by atoms with van der Waals surface area (Å²) in [5.41, 5.74) is -0.105. The van der Waals surface area contributed by atoms with Crippen molar-refractivity contribution in [1.29, 1.82) is 0 Å². The number of carbonyl (C=O) groups excluding carboxylic acids is 1. The molecule has 1 aromatic carbocycles. The van der Waals surface area contributed by atoms with E-state index < -0.39 is 11.9 Å². The quantitative estimate of drug-likeness (QED) is 0.807. The van der Waals surface area contributed by atoms with Gasteiger partial charge in [0.2, 0.25) is 0 Å². The molecule has 0 atom stereocenters. The van der Waals surface area contributed by atoms with E-state index in [0.717, 1.165) is 4.73 Å². The molecular formula is C11H9KN2O4. The molecule has 2 rings (SSSR count). The molecule has 2 aromatic rings. The van der Waals surface area contributed by atoms with Gasteiger partial charge in [0.25, 0.3) is 0 Å². The fraction of sp³-hybridized carbons (Fsp3) is 0. The first kappa shape index (κ1) is 15.1. The van der Waals surface area contributed by atoms with E-state index in [4.69, 9.17) is 9.94 Å². The van der Waals surface area contributed by atoms with Gasteiger partial charge < -0.3 is 9.94 Å². The Labute approximate surface area is 145 Å². The van der Waals surface area contributed by atoms with E-state index in [-0.39, 0.29) is 62.5 Å². The molecule has 1 aromatic heterocycles. The van der Waals surface area contributed by atoms with Gasteiger partial charge in [-0.25, -0.2) is 14.6 Å². The number of benzene rings is 1. The number of hydrogen-bond donors (Lipinski definition) is 1. The number of hydrogen-bond acceptors (Lipinski definition) is 4. The van der Waals surface area contributed by atoms with Crippen LogP contribution in [0.3, 0.4) is 0 Å². The number of rotatable bonds is 3. The summed E-state index contributed by atoms with van der Waals surface area (Å²) in [6.45, 7) is 0. The molecule has 7 heteroatoms. The van der Waals surface area contributed by atoms with Crippen LogP contribution in [0.15, 0.2) is 43.0 Å². The molecule has 0 spiro atoms. The molecule has 0 unspecified atom stereocenters. The van der Waals surface area contributed by atoms with Gasteiger partial charge in [0.15, 0.2) is 0 Å². The first-order chi connectivity index (χ1) is 8.18. The van der Waals surface area contributed by atoms with Crippen molar-refractivity contribution in [3.05, 3.63) is 54.1 Å². The number of imidazole rings is 1. The van der Waals surface area contributed by atoms with E-state index in [1.807, 2.05) is 0 Å². The molecule has 88 valence electrons. The minimum absolute atomic E-state index is 0. The zero-order valence-corrected chi connectivity index (χ0v) is 8.61. The predicted octanol–water partition coefficient (Wildman–Crippen LogP) is 0.202. The number of carboxylic acids is 1. The summed E-state index contributed by atoms with van der Waals surface area (Å²) < 4.78 is 1.10. The third-order valence-corrected chi connectivity index (χ3v) is 2.05. The normalized spacial score (nSPS) is 9.33. The zero-order valence-electron chi connectivity index (χ0n) is 8.61. The van der Waals surface area contributed by atoms with Crippen LogP contribution in [-0.4, -0.2) is 78.1 Å². The second kappa shape index (κ2) is 6.81. The van der Waals surface area contributed by atoms with E-state index in [1.54, 1.807) is 6.07 Å². The molecule has 0 saturated carbocycles. The Kier molecular flexibility index (Phi) is 5.70. The zero-order chi connectivity index (χ0) is 12.3. The molecule has 0 radical (unpaired) electrons. The first-order valence-corrected chi connectivity index (χ1v) is 4.71. The standard InChI is InChI=1S/C11H8N2O4.K.H/c14-10(15)8-3-1-2-4-9(8)11(16)17-13-6-5-12-7-13;;/h1-7H,(H,14,15);;. The molecule has 0 fully saturated rings. The molecule has 0 aliphatic carbocycles. The fourth-order valence-corrected chi connectivity index (χ4v) is 1.29. The maximum atomic E-state index is 11.7. The number of nitrogens with zero attached hydrogens (tertiary/aromatic N) is 2. The molecular weight excluding hydrogens is 263 g/mol. The van der Waals surface area contributed by atoms with Gasteiger partial charge in [0.05, 0.1) is 17.3 Å². The minimum atomic E-state index is -1.18. The average Bonchev–Trinajstić information content (AvgIpc) is 2.81. The van der Waals surface area contributed by atoms with Gasteiger partial charge in [-0.15, -0.1) is 0 Å². The number of aromatic nitrogens is 2. The van der Waals surface area contributed by atoms with Crippen LogP contribution in [0.4, 0.5) is 0 Å². The van der Waals surface area contributed by atoms with Crippen molar-refractivity contribution >= 4 is 63.3 Å². The summed E-state index contributed by atoms with van der Waals surface area (Å²) in [7, 11) is 0. The van der Waals surface area contributed by atoms with E-state index in [0.29, 0.717) is 0 Å². The SMILES string of the molecule is O=C(O)c1ccccc1C(=O)On1ccnc1.[KH]. The van der Waals surface area contributed by atoms with E-state index in [1.165, 1.54) is 36.9 Å². The van der Waals surface area contributed by atoms with Crippen LogP contribution in [0.1, 0.15) is 20.7 Å². The van der Waals surface area contributed by atoms with Gasteiger partial charge >= 0.3 is 63.3 Å². The van der Waals surface area contributed by atoms with Gasteiger partial charge in [-0.05, 0) is 12.1 Å². The summed E-state index contributed by atoms with van der Waals surface area (Å²) in [5, 5.41) is 8.91. The predicted molar refractivity (Wildman–Crippen MR) is 63.7 cm³/mol. The summed E-state index contributed by atoms with van der Waals surface area (Å²) in [5.74, 6) is -1.93. The number of carbonyl (C=O) groups is 2. The van der Waals surface area contributed by atoms with Crippen LogP contribution < -0.4 is 4.84 Å². The molecule has 1 N–H and O–H groups in total. The molecule has 0 saturated heterocycles. The number of aromatic carboxylic acids is 1. The Morgan fingerprint density at radius 3 is 2.44 bits per heavy atom. The van der Waals surface area contributed by atoms with Crippen LogP contribution >= 0.6 is 0 Å².